The predicted octanol–water partition coefficient (Wildman–Crippen LogP) is 3.62. The highest BCUT2D eigenvalue weighted by molar-refractivity contribution is 7.90. The maximum atomic E-state index is 12.4. The van der Waals surface area contributed by atoms with Gasteiger partial charge in [-0.1, -0.05) is 26.0 Å². The molecule has 1 aliphatic rings. The molecule has 2 aromatic carbocycles. The van der Waals surface area contributed by atoms with Crippen molar-refractivity contribution < 1.29 is 27.8 Å². The van der Waals surface area contributed by atoms with Gasteiger partial charge in [-0.2, -0.15) is 0 Å². The van der Waals surface area contributed by atoms with E-state index in [1.807, 2.05) is 6.07 Å². The summed E-state index contributed by atoms with van der Waals surface area (Å²) < 4.78 is 35.8. The van der Waals surface area contributed by atoms with Crippen LogP contribution in [-0.4, -0.2) is 58.3 Å². The van der Waals surface area contributed by atoms with Crippen molar-refractivity contribution in [2.75, 3.05) is 33.6 Å². The van der Waals surface area contributed by atoms with E-state index in [0.717, 1.165) is 19.0 Å². The van der Waals surface area contributed by atoms with E-state index in [2.05, 4.69) is 18.7 Å². The number of carbonyl (C=O) groups excluding carboxylic acids is 1. The minimum Gasteiger partial charge on any atom is -0.507 e. The van der Waals surface area contributed by atoms with Crippen LogP contribution < -0.4 is 9.47 Å². The summed E-state index contributed by atoms with van der Waals surface area (Å²) >= 11 is 0. The number of benzene rings is 2. The Hall–Kier alpha value is -2.58. The second-order valence-electron chi connectivity index (χ2n) is 9.11. The number of phenols is 1. The van der Waals surface area contributed by atoms with Gasteiger partial charge in [0.1, 0.15) is 23.5 Å². The largest absolute Gasteiger partial charge is 0.507 e. The molecule has 1 heterocycles. The molecule has 8 heteroatoms. The summed E-state index contributed by atoms with van der Waals surface area (Å²) in [6, 6.07) is 9.80. The van der Waals surface area contributed by atoms with Crippen LogP contribution in [0.2, 0.25) is 0 Å². The van der Waals surface area contributed by atoms with Gasteiger partial charge in [0, 0.05) is 37.9 Å². The lowest BCUT2D eigenvalue weighted by Gasteiger charge is -2.49. The summed E-state index contributed by atoms with van der Waals surface area (Å²) in [4.78, 5) is 14.5. The second-order valence-corrected chi connectivity index (χ2v) is 11.1. The quantitative estimate of drug-likeness (QED) is 0.583. The van der Waals surface area contributed by atoms with Gasteiger partial charge in [-0.15, -0.1) is 0 Å². The Morgan fingerprint density at radius 1 is 1.12 bits per heavy atom. The normalized spacial score (nSPS) is 21.2. The molecule has 3 unspecified atom stereocenters. The number of aromatic hydroxyl groups is 1. The molecule has 0 aliphatic carbocycles. The zero-order valence-electron chi connectivity index (χ0n) is 19.9. The molecule has 0 saturated carbocycles. The van der Waals surface area contributed by atoms with Gasteiger partial charge in [0.25, 0.3) is 0 Å². The molecule has 3 atom stereocenters. The van der Waals surface area contributed by atoms with Crippen LogP contribution in [0.25, 0.3) is 0 Å². The molecule has 2 aromatic rings. The average molecular weight is 476 g/mol. The van der Waals surface area contributed by atoms with Gasteiger partial charge in [-0.3, -0.25) is 4.90 Å². The summed E-state index contributed by atoms with van der Waals surface area (Å²) in [5.41, 5.74) is -0.102. The molecule has 1 saturated heterocycles. The molecule has 0 bridgehead atoms. The molecule has 33 heavy (non-hydrogen) atoms. The van der Waals surface area contributed by atoms with Crippen molar-refractivity contribution in [3.8, 4) is 17.2 Å². The minimum absolute atomic E-state index is 0.00983. The van der Waals surface area contributed by atoms with Gasteiger partial charge in [0.05, 0.1) is 30.2 Å². The van der Waals surface area contributed by atoms with Crippen molar-refractivity contribution in [1.82, 2.24) is 4.90 Å². The van der Waals surface area contributed by atoms with E-state index in [4.69, 9.17) is 9.47 Å². The van der Waals surface area contributed by atoms with Crippen LogP contribution in [-0.2, 0) is 20.2 Å². The van der Waals surface area contributed by atoms with Crippen molar-refractivity contribution in [3.63, 3.8) is 0 Å². The standard InChI is InChI=1S/C25H33NO6S/c1-17-11-18(2)16-26(15-17)25(9-10-27,19-7-6-8-21(12-19)33(5,29)30)24-22(28)13-20(31-3)14-23(24)32-4/h6-8,10,12-14,17-18,28H,9,11,15-16H2,1-5H3. The SMILES string of the molecule is COc1cc(O)c(C(CC=O)(c2cccc(S(C)(=O)=O)c2)N2CC(C)CC(C)C2)c(OC)c1. The topological polar surface area (TPSA) is 93.1 Å². The number of methoxy groups -OCH3 is 2. The van der Waals surface area contributed by atoms with E-state index in [1.54, 1.807) is 18.2 Å². The van der Waals surface area contributed by atoms with E-state index in [-0.39, 0.29) is 17.1 Å². The molecule has 0 spiro atoms. The number of phenolic OH excluding ortho intramolecular Hbond substituents is 1. The van der Waals surface area contributed by atoms with Crippen molar-refractivity contribution in [3.05, 3.63) is 47.5 Å². The number of aldehydes is 1. The number of piperidine rings is 1. The minimum atomic E-state index is -3.49. The Bertz CT molecular complexity index is 1110. The summed E-state index contributed by atoms with van der Waals surface area (Å²) in [6.07, 6.45) is 3.03. The van der Waals surface area contributed by atoms with Crippen LogP contribution in [0, 0.1) is 11.8 Å². The van der Waals surface area contributed by atoms with Crippen LogP contribution in [0.1, 0.15) is 37.8 Å². The molecule has 1 aliphatic heterocycles. The number of rotatable bonds is 8. The highest BCUT2D eigenvalue weighted by atomic mass is 32.2. The maximum Gasteiger partial charge on any atom is 0.175 e. The van der Waals surface area contributed by atoms with Crippen LogP contribution in [0.4, 0.5) is 0 Å². The Labute approximate surface area is 196 Å². The number of ether oxygens (including phenoxy) is 2. The lowest BCUT2D eigenvalue weighted by atomic mass is 9.75. The molecule has 3 rings (SSSR count). The smallest absolute Gasteiger partial charge is 0.175 e. The zero-order valence-corrected chi connectivity index (χ0v) is 20.7. The lowest BCUT2D eigenvalue weighted by Crippen LogP contribution is -2.53. The van der Waals surface area contributed by atoms with E-state index >= 15 is 0 Å². The Morgan fingerprint density at radius 3 is 2.33 bits per heavy atom. The van der Waals surface area contributed by atoms with Crippen molar-refractivity contribution in [2.45, 2.75) is 37.1 Å². The number of nitrogens with zero attached hydrogens (tertiary/aromatic N) is 1. The number of carbonyl (C=O) groups is 1. The first-order valence-electron chi connectivity index (χ1n) is 11.0. The fourth-order valence-electron chi connectivity index (χ4n) is 5.18. The van der Waals surface area contributed by atoms with Crippen molar-refractivity contribution in [1.29, 1.82) is 0 Å². The summed E-state index contributed by atoms with van der Waals surface area (Å²) in [6.45, 7) is 5.67. The van der Waals surface area contributed by atoms with Gasteiger partial charge < -0.3 is 19.4 Å². The zero-order chi connectivity index (χ0) is 24.4. The van der Waals surface area contributed by atoms with Crippen molar-refractivity contribution in [2.24, 2.45) is 11.8 Å². The van der Waals surface area contributed by atoms with Crippen LogP contribution >= 0.6 is 0 Å². The molecule has 1 N–H and O–H groups in total. The second kappa shape index (κ2) is 9.73. The molecule has 180 valence electrons. The van der Waals surface area contributed by atoms with Gasteiger partial charge >= 0.3 is 0 Å². The summed E-state index contributed by atoms with van der Waals surface area (Å²) in [5.74, 6) is 1.40. The van der Waals surface area contributed by atoms with Gasteiger partial charge in [0.2, 0.25) is 0 Å². The highest BCUT2D eigenvalue weighted by Crippen LogP contribution is 2.50. The van der Waals surface area contributed by atoms with E-state index in [0.29, 0.717) is 47.6 Å². The fraction of sp³-hybridized carbons (Fsp3) is 0.480. The Kier molecular flexibility index (Phi) is 7.39. The first-order chi connectivity index (χ1) is 15.6. The molecule has 0 radical (unpaired) electrons. The molecule has 7 nitrogen and oxygen atoms in total. The number of sulfone groups is 1. The van der Waals surface area contributed by atoms with Crippen molar-refractivity contribution >= 4 is 16.1 Å². The number of hydrogen-bond donors (Lipinski definition) is 1. The van der Waals surface area contributed by atoms with Gasteiger partial charge in [-0.25, -0.2) is 8.42 Å². The molecule has 0 amide bonds. The first kappa shape index (κ1) is 25.1. The average Bonchev–Trinajstić information content (AvgIpc) is 2.76. The Balaban J connectivity index is 2.42. The number of likely N-dealkylation sites (tertiary alicyclic amines) is 1. The summed E-state index contributed by atoms with van der Waals surface area (Å²) in [5, 5.41) is 11.2. The number of hydrogen-bond acceptors (Lipinski definition) is 7. The molecular formula is C25H33NO6S. The van der Waals surface area contributed by atoms with Crippen LogP contribution in [0.5, 0.6) is 17.2 Å². The highest BCUT2D eigenvalue weighted by Gasteiger charge is 2.46. The van der Waals surface area contributed by atoms with Crippen LogP contribution in [0.15, 0.2) is 41.3 Å². The first-order valence-corrected chi connectivity index (χ1v) is 12.9. The Morgan fingerprint density at radius 2 is 1.79 bits per heavy atom. The maximum absolute atomic E-state index is 12.4. The monoisotopic (exact) mass is 475 g/mol. The fourth-order valence-corrected chi connectivity index (χ4v) is 5.85. The molecule has 1 fully saturated rings. The molecule has 0 aromatic heterocycles. The van der Waals surface area contributed by atoms with E-state index < -0.39 is 15.4 Å². The third-order valence-electron chi connectivity index (χ3n) is 6.45. The van der Waals surface area contributed by atoms with E-state index in [9.17, 15) is 18.3 Å². The third-order valence-corrected chi connectivity index (χ3v) is 7.56. The molecular weight excluding hydrogens is 442 g/mol. The van der Waals surface area contributed by atoms with Crippen LogP contribution in [0.3, 0.4) is 0 Å². The third kappa shape index (κ3) is 4.87. The van der Waals surface area contributed by atoms with E-state index in [1.165, 1.54) is 26.4 Å². The van der Waals surface area contributed by atoms with Gasteiger partial charge in [0.15, 0.2) is 9.84 Å². The predicted molar refractivity (Wildman–Crippen MR) is 127 cm³/mol. The summed E-state index contributed by atoms with van der Waals surface area (Å²) in [7, 11) is -0.498. The lowest BCUT2D eigenvalue weighted by molar-refractivity contribution is -0.110. The van der Waals surface area contributed by atoms with Gasteiger partial charge in [-0.05, 0) is 36.0 Å².